The maximum atomic E-state index is 13.5. The van der Waals surface area contributed by atoms with Gasteiger partial charge in [-0.1, -0.05) is 13.0 Å². The number of halogens is 4. The van der Waals surface area contributed by atoms with E-state index in [9.17, 15) is 17.6 Å². The van der Waals surface area contributed by atoms with Gasteiger partial charge in [-0.3, -0.25) is 0 Å². The third kappa shape index (κ3) is 2.78. The number of nitrogens with zero attached hydrogens (tertiary/aromatic N) is 1. The number of hydrogen-bond donors (Lipinski definition) is 0. The van der Waals surface area contributed by atoms with Crippen molar-refractivity contribution in [3.8, 4) is 10.6 Å². The Labute approximate surface area is 111 Å². The molecule has 0 fully saturated rings. The molecule has 0 unspecified atom stereocenters. The van der Waals surface area contributed by atoms with Crippen LogP contribution in [0.1, 0.15) is 23.1 Å². The van der Waals surface area contributed by atoms with Crippen LogP contribution in [0.3, 0.4) is 0 Å². The van der Waals surface area contributed by atoms with E-state index in [0.717, 1.165) is 29.1 Å². The van der Waals surface area contributed by atoms with Crippen LogP contribution in [0.25, 0.3) is 10.6 Å². The summed E-state index contributed by atoms with van der Waals surface area (Å²) in [5, 5.41) is 0.543. The Morgan fingerprint density at radius 1 is 1.26 bits per heavy atom. The first kappa shape index (κ1) is 14.0. The quantitative estimate of drug-likeness (QED) is 0.721. The molecule has 1 heterocycles. The molecule has 6 heteroatoms. The summed E-state index contributed by atoms with van der Waals surface area (Å²) in [6.45, 7) is 3.80. The molecule has 0 aliphatic carbocycles. The Kier molecular flexibility index (Phi) is 3.62. The van der Waals surface area contributed by atoms with Crippen molar-refractivity contribution in [1.29, 1.82) is 0 Å². The molecule has 0 atom stereocenters. The third-order valence-corrected chi connectivity index (χ3v) is 4.09. The number of benzene rings is 1. The Bertz CT molecular complexity index is 601. The minimum absolute atomic E-state index is 0.373. The van der Waals surface area contributed by atoms with Gasteiger partial charge in [-0.25, -0.2) is 9.37 Å². The predicted molar refractivity (Wildman–Crippen MR) is 66.6 cm³/mol. The summed E-state index contributed by atoms with van der Waals surface area (Å²) in [4.78, 5) is 5.31. The highest BCUT2D eigenvalue weighted by atomic mass is 32.1. The number of hydrogen-bond acceptors (Lipinski definition) is 2. The molecule has 0 aliphatic heterocycles. The zero-order valence-corrected chi connectivity index (χ0v) is 11.1. The van der Waals surface area contributed by atoms with E-state index in [4.69, 9.17) is 0 Å². The first-order chi connectivity index (χ1) is 8.82. The highest BCUT2D eigenvalue weighted by Crippen LogP contribution is 2.35. The summed E-state index contributed by atoms with van der Waals surface area (Å²) < 4.78 is 50.8. The molecule has 0 saturated heterocycles. The van der Waals surface area contributed by atoms with E-state index < -0.39 is 17.6 Å². The maximum absolute atomic E-state index is 13.5. The minimum Gasteiger partial charge on any atom is -0.241 e. The van der Waals surface area contributed by atoms with Gasteiger partial charge >= 0.3 is 6.18 Å². The topological polar surface area (TPSA) is 12.9 Å². The molecule has 0 bridgehead atoms. The Morgan fingerprint density at radius 3 is 2.42 bits per heavy atom. The second-order valence-electron chi connectivity index (χ2n) is 4.07. The van der Waals surface area contributed by atoms with Crippen molar-refractivity contribution < 1.29 is 17.6 Å². The number of rotatable bonds is 2. The summed E-state index contributed by atoms with van der Waals surface area (Å²) in [5.74, 6) is -1.27. The number of aryl methyl sites for hydroxylation is 2. The molecule has 1 aromatic heterocycles. The van der Waals surface area contributed by atoms with Gasteiger partial charge in [-0.2, -0.15) is 13.2 Å². The lowest BCUT2D eigenvalue weighted by Crippen LogP contribution is -2.07. The van der Waals surface area contributed by atoms with Crippen LogP contribution in [0.4, 0.5) is 17.6 Å². The van der Waals surface area contributed by atoms with E-state index in [1.165, 1.54) is 17.4 Å². The van der Waals surface area contributed by atoms with E-state index in [-0.39, 0.29) is 0 Å². The van der Waals surface area contributed by atoms with Gasteiger partial charge in [0, 0.05) is 10.4 Å². The van der Waals surface area contributed by atoms with Gasteiger partial charge in [0.15, 0.2) is 0 Å². The van der Waals surface area contributed by atoms with Crippen LogP contribution in [0.5, 0.6) is 0 Å². The summed E-state index contributed by atoms with van der Waals surface area (Å²) in [6.07, 6.45) is -3.87. The zero-order chi connectivity index (χ0) is 14.2. The molecule has 2 rings (SSSR count). The second kappa shape index (κ2) is 4.92. The summed E-state index contributed by atoms with van der Waals surface area (Å²) in [7, 11) is 0. The SMILES string of the molecule is CCc1sc(-c2ccc(C(F)(F)F)c(F)c2)nc1C. The summed E-state index contributed by atoms with van der Waals surface area (Å²) in [6, 6.07) is 2.90. The fourth-order valence-electron chi connectivity index (χ4n) is 1.76. The normalized spacial score (nSPS) is 11.9. The molecule has 0 aliphatic rings. The third-order valence-electron chi connectivity index (χ3n) is 2.74. The monoisotopic (exact) mass is 289 g/mol. The molecular weight excluding hydrogens is 278 g/mol. The fraction of sp³-hybridized carbons (Fsp3) is 0.308. The molecule has 102 valence electrons. The Hall–Kier alpha value is -1.43. The molecule has 0 N–H and O–H groups in total. The van der Waals surface area contributed by atoms with Crippen LogP contribution in [0, 0.1) is 12.7 Å². The molecule has 0 radical (unpaired) electrons. The standard InChI is InChI=1S/C13H11F4NS/c1-3-11-7(2)18-12(19-11)8-4-5-9(10(14)6-8)13(15,16)17/h4-6H,3H2,1-2H3. The lowest BCUT2D eigenvalue weighted by Gasteiger charge is -2.08. The maximum Gasteiger partial charge on any atom is 0.419 e. The second-order valence-corrected chi connectivity index (χ2v) is 5.16. The molecule has 1 nitrogen and oxygen atoms in total. The summed E-state index contributed by atoms with van der Waals surface area (Å²) in [5.41, 5.74) is -0.0404. The number of alkyl halides is 3. The fourth-order valence-corrected chi connectivity index (χ4v) is 2.76. The van der Waals surface area contributed by atoms with Crippen molar-refractivity contribution in [3.05, 3.63) is 40.2 Å². The van der Waals surface area contributed by atoms with Gasteiger partial charge in [-0.15, -0.1) is 11.3 Å². The van der Waals surface area contributed by atoms with Gasteiger partial charge in [0.2, 0.25) is 0 Å². The van der Waals surface area contributed by atoms with Crippen LogP contribution in [0.2, 0.25) is 0 Å². The predicted octanol–water partition coefficient (Wildman–Crippen LogP) is 4.84. The van der Waals surface area contributed by atoms with E-state index in [1.807, 2.05) is 13.8 Å². The van der Waals surface area contributed by atoms with Crippen LogP contribution < -0.4 is 0 Å². The van der Waals surface area contributed by atoms with Crippen molar-refractivity contribution in [2.75, 3.05) is 0 Å². The van der Waals surface area contributed by atoms with E-state index in [1.54, 1.807) is 0 Å². The van der Waals surface area contributed by atoms with Crippen molar-refractivity contribution in [3.63, 3.8) is 0 Å². The van der Waals surface area contributed by atoms with Gasteiger partial charge < -0.3 is 0 Å². The van der Waals surface area contributed by atoms with Crippen LogP contribution in [-0.4, -0.2) is 4.98 Å². The molecule has 19 heavy (non-hydrogen) atoms. The van der Waals surface area contributed by atoms with E-state index >= 15 is 0 Å². The van der Waals surface area contributed by atoms with Crippen molar-refractivity contribution in [2.24, 2.45) is 0 Å². The zero-order valence-electron chi connectivity index (χ0n) is 10.3. The molecule has 0 saturated carbocycles. The van der Waals surface area contributed by atoms with Gasteiger partial charge in [0.05, 0.1) is 11.3 Å². The first-order valence-electron chi connectivity index (χ1n) is 5.66. The van der Waals surface area contributed by atoms with Crippen LogP contribution in [-0.2, 0) is 12.6 Å². The lowest BCUT2D eigenvalue weighted by atomic mass is 10.1. The lowest BCUT2D eigenvalue weighted by molar-refractivity contribution is -0.139. The highest BCUT2D eigenvalue weighted by Gasteiger charge is 2.34. The van der Waals surface area contributed by atoms with Gasteiger partial charge in [0.25, 0.3) is 0 Å². The summed E-state index contributed by atoms with van der Waals surface area (Å²) >= 11 is 1.38. The number of aromatic nitrogens is 1. The number of thiazole rings is 1. The van der Waals surface area contributed by atoms with E-state index in [0.29, 0.717) is 10.6 Å². The molecule has 1 aromatic carbocycles. The van der Waals surface area contributed by atoms with E-state index in [2.05, 4.69) is 4.98 Å². The first-order valence-corrected chi connectivity index (χ1v) is 6.48. The Morgan fingerprint density at radius 2 is 1.95 bits per heavy atom. The molecule has 0 amide bonds. The smallest absolute Gasteiger partial charge is 0.241 e. The molecular formula is C13H11F4NS. The average molecular weight is 289 g/mol. The Balaban J connectivity index is 2.44. The average Bonchev–Trinajstić information content (AvgIpc) is 2.68. The van der Waals surface area contributed by atoms with Crippen LogP contribution >= 0.6 is 11.3 Å². The molecule has 2 aromatic rings. The minimum atomic E-state index is -4.67. The van der Waals surface area contributed by atoms with Gasteiger partial charge in [-0.05, 0) is 25.5 Å². The van der Waals surface area contributed by atoms with Crippen LogP contribution in [0.15, 0.2) is 18.2 Å². The highest BCUT2D eigenvalue weighted by molar-refractivity contribution is 7.15. The molecule has 0 spiro atoms. The van der Waals surface area contributed by atoms with Crippen molar-refractivity contribution >= 4 is 11.3 Å². The van der Waals surface area contributed by atoms with Crippen molar-refractivity contribution in [1.82, 2.24) is 4.98 Å². The van der Waals surface area contributed by atoms with Crippen molar-refractivity contribution in [2.45, 2.75) is 26.4 Å². The van der Waals surface area contributed by atoms with Gasteiger partial charge in [0.1, 0.15) is 10.8 Å². The largest absolute Gasteiger partial charge is 0.419 e.